The standard InChI is InChI=1S/C14H13F3N2O/c1-9-6-7-19-11(8-9)13(18)10-4-2-3-5-12(10)20-14(15,16)17/h2-8,13H,18H2,1H3. The summed E-state index contributed by atoms with van der Waals surface area (Å²) in [6.45, 7) is 1.86. The summed E-state index contributed by atoms with van der Waals surface area (Å²) >= 11 is 0. The molecule has 0 amide bonds. The van der Waals surface area contributed by atoms with Crippen LogP contribution >= 0.6 is 0 Å². The van der Waals surface area contributed by atoms with Crippen molar-refractivity contribution in [2.75, 3.05) is 0 Å². The van der Waals surface area contributed by atoms with E-state index in [-0.39, 0.29) is 11.3 Å². The molecular weight excluding hydrogens is 269 g/mol. The first kappa shape index (κ1) is 14.3. The van der Waals surface area contributed by atoms with Crippen LogP contribution in [0.25, 0.3) is 0 Å². The Morgan fingerprint density at radius 3 is 2.55 bits per heavy atom. The minimum absolute atomic E-state index is 0.239. The SMILES string of the molecule is Cc1ccnc(C(N)c2ccccc2OC(F)(F)F)c1. The number of benzene rings is 1. The lowest BCUT2D eigenvalue weighted by Crippen LogP contribution is -2.21. The minimum atomic E-state index is -4.75. The third kappa shape index (κ3) is 3.48. The topological polar surface area (TPSA) is 48.1 Å². The summed E-state index contributed by atoms with van der Waals surface area (Å²) in [5, 5.41) is 0. The molecule has 20 heavy (non-hydrogen) atoms. The van der Waals surface area contributed by atoms with Crippen molar-refractivity contribution in [3.63, 3.8) is 0 Å². The summed E-state index contributed by atoms with van der Waals surface area (Å²) in [7, 11) is 0. The lowest BCUT2D eigenvalue weighted by atomic mass is 10.0. The molecule has 1 unspecified atom stereocenters. The number of hydrogen-bond acceptors (Lipinski definition) is 3. The summed E-state index contributed by atoms with van der Waals surface area (Å²) in [4.78, 5) is 4.09. The third-order valence-corrected chi connectivity index (χ3v) is 2.73. The fraction of sp³-hybridized carbons (Fsp3) is 0.214. The van der Waals surface area contributed by atoms with Crippen LogP contribution in [0, 0.1) is 6.92 Å². The monoisotopic (exact) mass is 282 g/mol. The Kier molecular flexibility index (Phi) is 3.94. The molecule has 0 saturated carbocycles. The molecule has 0 aliphatic carbocycles. The van der Waals surface area contributed by atoms with Crippen LogP contribution < -0.4 is 10.5 Å². The molecule has 3 nitrogen and oxygen atoms in total. The maximum absolute atomic E-state index is 12.4. The van der Waals surface area contributed by atoms with E-state index in [4.69, 9.17) is 5.73 Å². The van der Waals surface area contributed by atoms with Gasteiger partial charge in [-0.1, -0.05) is 18.2 Å². The summed E-state index contributed by atoms with van der Waals surface area (Å²) in [5.41, 5.74) is 7.65. The molecular formula is C14H13F3N2O. The molecule has 2 aromatic rings. The summed E-state index contributed by atoms with van der Waals surface area (Å²) in [6, 6.07) is 8.53. The maximum Gasteiger partial charge on any atom is 0.573 e. The van der Waals surface area contributed by atoms with Gasteiger partial charge in [0.2, 0.25) is 0 Å². The van der Waals surface area contributed by atoms with E-state index in [1.165, 1.54) is 18.2 Å². The minimum Gasteiger partial charge on any atom is -0.405 e. The Morgan fingerprint density at radius 1 is 1.20 bits per heavy atom. The van der Waals surface area contributed by atoms with Gasteiger partial charge < -0.3 is 10.5 Å². The molecule has 1 atom stereocenters. The number of rotatable bonds is 3. The Hall–Kier alpha value is -2.08. The first-order chi connectivity index (χ1) is 9.37. The highest BCUT2D eigenvalue weighted by Crippen LogP contribution is 2.31. The summed E-state index contributed by atoms with van der Waals surface area (Å²) < 4.78 is 41.1. The van der Waals surface area contributed by atoms with Crippen molar-refractivity contribution in [2.24, 2.45) is 5.73 Å². The van der Waals surface area contributed by atoms with Crippen molar-refractivity contribution >= 4 is 0 Å². The van der Waals surface area contributed by atoms with Gasteiger partial charge in [0.15, 0.2) is 0 Å². The zero-order valence-corrected chi connectivity index (χ0v) is 10.7. The first-order valence-corrected chi connectivity index (χ1v) is 5.89. The number of hydrogen-bond donors (Lipinski definition) is 1. The van der Waals surface area contributed by atoms with Gasteiger partial charge in [-0.2, -0.15) is 0 Å². The molecule has 2 N–H and O–H groups in total. The van der Waals surface area contributed by atoms with E-state index in [1.54, 1.807) is 24.4 Å². The first-order valence-electron chi connectivity index (χ1n) is 5.89. The molecule has 1 heterocycles. The second-order valence-corrected chi connectivity index (χ2v) is 4.32. The number of aryl methyl sites for hydroxylation is 1. The smallest absolute Gasteiger partial charge is 0.405 e. The molecule has 0 radical (unpaired) electrons. The summed E-state index contributed by atoms with van der Waals surface area (Å²) in [6.07, 6.45) is -3.19. The van der Waals surface area contributed by atoms with E-state index in [2.05, 4.69) is 9.72 Å². The normalized spacial score (nSPS) is 13.1. The highest BCUT2D eigenvalue weighted by atomic mass is 19.4. The number of nitrogens with two attached hydrogens (primary N) is 1. The van der Waals surface area contributed by atoms with Crippen LogP contribution in [0.1, 0.15) is 22.9 Å². The van der Waals surface area contributed by atoms with Crippen molar-refractivity contribution in [1.82, 2.24) is 4.98 Å². The molecule has 0 spiro atoms. The zero-order chi connectivity index (χ0) is 14.8. The van der Waals surface area contributed by atoms with Crippen molar-refractivity contribution in [3.8, 4) is 5.75 Å². The zero-order valence-electron chi connectivity index (χ0n) is 10.7. The molecule has 106 valence electrons. The Morgan fingerprint density at radius 2 is 1.90 bits per heavy atom. The predicted octanol–water partition coefficient (Wildman–Crippen LogP) is 3.34. The van der Waals surface area contributed by atoms with Crippen molar-refractivity contribution in [1.29, 1.82) is 0 Å². The fourth-order valence-corrected chi connectivity index (χ4v) is 1.84. The molecule has 0 saturated heterocycles. The van der Waals surface area contributed by atoms with E-state index in [9.17, 15) is 13.2 Å². The Balaban J connectivity index is 2.37. The van der Waals surface area contributed by atoms with Gasteiger partial charge in [0, 0.05) is 11.8 Å². The second-order valence-electron chi connectivity index (χ2n) is 4.32. The van der Waals surface area contributed by atoms with Crippen molar-refractivity contribution in [3.05, 3.63) is 59.4 Å². The highest BCUT2D eigenvalue weighted by molar-refractivity contribution is 5.40. The number of nitrogens with zero attached hydrogens (tertiary/aromatic N) is 1. The van der Waals surface area contributed by atoms with Crippen LogP contribution in [-0.4, -0.2) is 11.3 Å². The van der Waals surface area contributed by atoms with Gasteiger partial charge in [-0.05, 0) is 30.7 Å². The number of aromatic nitrogens is 1. The van der Waals surface area contributed by atoms with E-state index >= 15 is 0 Å². The molecule has 1 aromatic heterocycles. The molecule has 2 rings (SSSR count). The maximum atomic E-state index is 12.4. The Bertz CT molecular complexity index is 599. The van der Waals surface area contributed by atoms with Crippen LogP contribution in [0.5, 0.6) is 5.75 Å². The highest BCUT2D eigenvalue weighted by Gasteiger charge is 2.32. The van der Waals surface area contributed by atoms with Gasteiger partial charge in [0.05, 0.1) is 11.7 Å². The largest absolute Gasteiger partial charge is 0.573 e. The van der Waals surface area contributed by atoms with Gasteiger partial charge in [0.25, 0.3) is 0 Å². The second kappa shape index (κ2) is 5.50. The number of alkyl halides is 3. The van der Waals surface area contributed by atoms with Gasteiger partial charge in [-0.15, -0.1) is 13.2 Å². The number of halogens is 3. The molecule has 0 bridgehead atoms. The number of para-hydroxylation sites is 1. The number of ether oxygens (including phenoxy) is 1. The van der Waals surface area contributed by atoms with Crippen molar-refractivity contribution in [2.45, 2.75) is 19.3 Å². The van der Waals surface area contributed by atoms with Crippen LogP contribution in [0.2, 0.25) is 0 Å². The van der Waals surface area contributed by atoms with Crippen LogP contribution in [-0.2, 0) is 0 Å². The molecule has 0 aliphatic heterocycles. The Labute approximate surface area is 114 Å². The molecule has 0 aliphatic rings. The number of pyridine rings is 1. The average Bonchev–Trinajstić information content (AvgIpc) is 2.37. The average molecular weight is 282 g/mol. The van der Waals surface area contributed by atoms with Crippen LogP contribution in [0.3, 0.4) is 0 Å². The van der Waals surface area contributed by atoms with Gasteiger partial charge in [-0.25, -0.2) is 0 Å². The summed E-state index contributed by atoms with van der Waals surface area (Å²) in [5.74, 6) is -0.309. The van der Waals surface area contributed by atoms with Crippen LogP contribution in [0.4, 0.5) is 13.2 Å². The molecule has 0 fully saturated rings. The lowest BCUT2D eigenvalue weighted by Gasteiger charge is -2.17. The quantitative estimate of drug-likeness (QED) is 0.939. The predicted molar refractivity (Wildman–Crippen MR) is 68.1 cm³/mol. The third-order valence-electron chi connectivity index (χ3n) is 2.73. The van der Waals surface area contributed by atoms with Gasteiger partial charge in [-0.3, -0.25) is 4.98 Å². The molecule has 6 heteroatoms. The van der Waals surface area contributed by atoms with E-state index in [1.807, 2.05) is 6.92 Å². The van der Waals surface area contributed by atoms with Gasteiger partial charge >= 0.3 is 6.36 Å². The lowest BCUT2D eigenvalue weighted by molar-refractivity contribution is -0.274. The van der Waals surface area contributed by atoms with Crippen molar-refractivity contribution < 1.29 is 17.9 Å². The van der Waals surface area contributed by atoms with E-state index < -0.39 is 12.4 Å². The molecule has 1 aromatic carbocycles. The van der Waals surface area contributed by atoms with E-state index in [0.29, 0.717) is 5.69 Å². The fourth-order valence-electron chi connectivity index (χ4n) is 1.84. The van der Waals surface area contributed by atoms with E-state index in [0.717, 1.165) is 5.56 Å². The van der Waals surface area contributed by atoms with Gasteiger partial charge in [0.1, 0.15) is 5.75 Å². The van der Waals surface area contributed by atoms with Crippen LogP contribution in [0.15, 0.2) is 42.6 Å².